The molecule has 624 valence electrons. The van der Waals surface area contributed by atoms with E-state index in [1.165, 1.54) is 32.9 Å². The molecule has 9 saturated heterocycles. The lowest BCUT2D eigenvalue weighted by molar-refractivity contribution is -0.145. The molecule has 6 N–H and O–H groups in total. The topological polar surface area (TPSA) is 393 Å². The Kier molecular flexibility index (Phi) is 28.2. The second-order valence-electron chi connectivity index (χ2n) is 29.0. The number of benzene rings is 6. The molecule has 0 spiro atoms. The van der Waals surface area contributed by atoms with Gasteiger partial charge in [0.15, 0.2) is 52.3 Å². The Morgan fingerprint density at radius 1 is 0.432 bits per heavy atom. The molecule has 9 aromatic rings. The summed E-state index contributed by atoms with van der Waals surface area (Å²) in [6.07, 6.45) is 0.464. The van der Waals surface area contributed by atoms with Gasteiger partial charge in [-0.05, 0) is 116 Å². The molecule has 9 aliphatic rings. The molecule has 6 aromatic carbocycles. The normalized spacial score (nSPS) is 23.4. The lowest BCUT2D eigenvalue weighted by Crippen LogP contribution is -2.46. The second kappa shape index (κ2) is 39.2. The number of carbonyl (C=O) groups excluding carboxylic acids is 12. The number of anilines is 3. The summed E-state index contributed by atoms with van der Waals surface area (Å²) in [6.45, 7) is 15.3. The number of ketones is 3. The molecular formula is C82H89F3N12O18S3. The van der Waals surface area contributed by atoms with E-state index in [0.29, 0.717) is 64.9 Å². The number of Topliss-reactive ketones (excluding diaryl/α,β-unsaturated/α-hetero) is 3. The minimum atomic E-state index is -1.09. The molecule has 0 aliphatic carbocycles. The summed E-state index contributed by atoms with van der Waals surface area (Å²) in [5.41, 5.74) is 3.71. The highest BCUT2D eigenvalue weighted by Gasteiger charge is 2.43. The first-order chi connectivity index (χ1) is 56.9. The van der Waals surface area contributed by atoms with Gasteiger partial charge in [0.25, 0.3) is 15.7 Å². The van der Waals surface area contributed by atoms with Crippen molar-refractivity contribution in [2.45, 2.75) is 101 Å². The first-order valence-corrected chi connectivity index (χ1v) is 41.1. The first-order valence-electron chi connectivity index (χ1n) is 38.2. The summed E-state index contributed by atoms with van der Waals surface area (Å²) in [7, 11) is 0. The monoisotopic (exact) mass is 1680 g/mol. The van der Waals surface area contributed by atoms with Crippen molar-refractivity contribution in [3.05, 3.63) is 178 Å². The number of piperidine rings is 3. The van der Waals surface area contributed by atoms with Crippen LogP contribution in [-0.4, -0.2) is 185 Å². The predicted octanol–water partition coefficient (Wildman–Crippen LogP) is 10.1. The van der Waals surface area contributed by atoms with Crippen LogP contribution in [0.2, 0.25) is 0 Å². The number of halogens is 3. The summed E-state index contributed by atoms with van der Waals surface area (Å²) in [4.78, 5) is 149. The van der Waals surface area contributed by atoms with Crippen LogP contribution in [0.5, 0.6) is 0 Å². The summed E-state index contributed by atoms with van der Waals surface area (Å²) in [5.74, 6) is -9.33. The van der Waals surface area contributed by atoms with Crippen molar-refractivity contribution in [2.24, 2.45) is 17.8 Å². The number of nitrogens with zero attached hydrogens (tertiary/aromatic N) is 6. The molecule has 30 nitrogen and oxygen atoms in total. The number of ether oxygens (including phenoxy) is 3. The van der Waals surface area contributed by atoms with Crippen LogP contribution in [0, 0.1) is 35.2 Å². The lowest BCUT2D eigenvalue weighted by atomic mass is 9.89. The fourth-order valence-electron chi connectivity index (χ4n) is 14.4. The van der Waals surface area contributed by atoms with Crippen molar-refractivity contribution in [1.29, 1.82) is 0 Å². The molecule has 0 saturated carbocycles. The minimum absolute atomic E-state index is 0. The van der Waals surface area contributed by atoms with Gasteiger partial charge in [-0.3, -0.25) is 88.2 Å². The molecular weight excluding hydrogens is 1590 g/mol. The van der Waals surface area contributed by atoms with Crippen LogP contribution in [0.3, 0.4) is 0 Å². The molecule has 0 radical (unpaired) electrons. The molecule has 3 aromatic heterocycles. The molecule has 9 fully saturated rings. The quantitative estimate of drug-likeness (QED) is 0.0461. The van der Waals surface area contributed by atoms with Crippen LogP contribution in [0.1, 0.15) is 89.0 Å². The van der Waals surface area contributed by atoms with Gasteiger partial charge < -0.3 is 43.7 Å². The zero-order valence-corrected chi connectivity index (χ0v) is 66.6. The van der Waals surface area contributed by atoms with Crippen LogP contribution in [0.25, 0.3) is 32.9 Å². The molecule has 3 unspecified atom stereocenters. The molecule has 9 atom stereocenters. The number of imide groups is 3. The van der Waals surface area contributed by atoms with Gasteiger partial charge in [-0.2, -0.15) is 0 Å². The van der Waals surface area contributed by atoms with E-state index in [9.17, 15) is 70.7 Å². The van der Waals surface area contributed by atoms with Crippen molar-refractivity contribution < 1.29 is 103 Å². The maximum Gasteiger partial charge on any atom is 0.288 e. The van der Waals surface area contributed by atoms with Crippen LogP contribution in [0.15, 0.2) is 141 Å². The predicted molar refractivity (Wildman–Crippen MR) is 436 cm³/mol. The number of amides is 9. The third-order valence-electron chi connectivity index (χ3n) is 20.3. The SMILES string of the molecule is C[C@H]1CNCCO1.C[C@H]1CNCCO1.C[C@H]1CNCCO1.O=C1CC(=O)C(Cc2cc(F)c3onc(N4C(=O)SC[C@@H]4Cc4ccccc4)c3c2)C(=O)N1.O=C1CC(=O)C(Cc2cc(F)c3onc(N4C(=O)SC[C@@H]4c4ccccc4)c3c2)C(=O)N1.O=C1CC(=O)C(Cc2cc(F)c3onc(N4C[C@H](c5ccccc5)SC4=O)c3c2)C(=O)N1.[HH].[HH].[HH]. The molecule has 12 heterocycles. The van der Waals surface area contributed by atoms with Gasteiger partial charge in [-0.1, -0.05) is 142 Å². The van der Waals surface area contributed by atoms with Crippen LogP contribution < -0.4 is 46.6 Å². The molecule has 9 amide bonds. The van der Waals surface area contributed by atoms with Crippen LogP contribution >= 0.6 is 35.3 Å². The number of fused-ring (bicyclic) bond motifs is 3. The standard InChI is InChI=1S/C23H18FN3O5S.2C22H16FN3O5S.3C5H11NO.3H2/c24-17-9-13(7-15-18(28)10-19(29)25-22(15)30)8-16-20(17)32-26-21(16)27-14(11-33-23(27)31)6-12-4-2-1-3-5-12;23-15-8-11(6-13-17(27)9-18(28)24-21(13)29)7-14-19(15)31-25-20(14)26-16(10-32-22(26)30)12-4-2-1-3-5-12;23-15-8-11(6-13-16(27)9-18(28)24-21(13)29)7-14-19(15)31-25-20(14)26-10-17(32-22(26)30)12-4-2-1-3-5-12;3*1-5-4-6-2-3-7-5;;;/h1-5,8-9,14-15H,6-7,10-11H2,(H,25,29,30);1-5,7-8,13,16H,6,9-10H2,(H,24,28,29);1-5,7-8,13,17H,6,9-10H2,(H,24,28,29);3*5-6H,2-4H2,1H3;3*1H/t14-,15?;13?,16-;13?,17-;3*5-;;;/m011000.../s1. The van der Waals surface area contributed by atoms with Gasteiger partial charge in [0.05, 0.1) is 90.9 Å². The maximum atomic E-state index is 14.8. The van der Waals surface area contributed by atoms with E-state index < -0.39 is 94.4 Å². The summed E-state index contributed by atoms with van der Waals surface area (Å²) in [6, 6.07) is 36.4. The number of hydrogen-bond acceptors (Lipinski definition) is 27. The maximum absolute atomic E-state index is 14.8. The third-order valence-corrected chi connectivity index (χ3v) is 23.3. The van der Waals surface area contributed by atoms with Gasteiger partial charge in [-0.25, -0.2) is 13.2 Å². The van der Waals surface area contributed by atoms with E-state index in [1.54, 1.807) is 18.2 Å². The molecule has 9 aliphatic heterocycles. The molecule has 118 heavy (non-hydrogen) atoms. The number of thioether (sulfide) groups is 3. The van der Waals surface area contributed by atoms with Crippen molar-refractivity contribution >= 4 is 154 Å². The van der Waals surface area contributed by atoms with E-state index in [2.05, 4.69) is 68.1 Å². The lowest BCUT2D eigenvalue weighted by Gasteiger charge is -2.22. The van der Waals surface area contributed by atoms with E-state index in [-0.39, 0.29) is 114 Å². The zero-order valence-electron chi connectivity index (χ0n) is 64.1. The Morgan fingerprint density at radius 3 is 1.19 bits per heavy atom. The summed E-state index contributed by atoms with van der Waals surface area (Å²) < 4.78 is 75.6. The number of nitrogens with one attached hydrogen (secondary N) is 6. The van der Waals surface area contributed by atoms with Crippen molar-refractivity contribution in [1.82, 2.24) is 47.4 Å². The highest BCUT2D eigenvalue weighted by molar-refractivity contribution is 8.15. The first kappa shape index (κ1) is 85.1. The van der Waals surface area contributed by atoms with Gasteiger partial charge in [-0.15, -0.1) is 0 Å². The molecule has 18 rings (SSSR count). The third kappa shape index (κ3) is 20.8. The van der Waals surface area contributed by atoms with Gasteiger partial charge >= 0.3 is 0 Å². The van der Waals surface area contributed by atoms with Crippen molar-refractivity contribution in [3.63, 3.8) is 0 Å². The van der Waals surface area contributed by atoms with Crippen LogP contribution in [0.4, 0.5) is 45.0 Å². The molecule has 36 heteroatoms. The van der Waals surface area contributed by atoms with E-state index in [0.717, 1.165) is 111 Å². The Hall–Kier alpha value is -10.8. The number of hydrogen-bond donors (Lipinski definition) is 6. The Bertz CT molecular complexity index is 5180. The molecule has 0 bridgehead atoms. The average Bonchev–Trinajstić information content (AvgIpc) is 1.63. The largest absolute Gasteiger partial charge is 0.376 e. The van der Waals surface area contributed by atoms with Gasteiger partial charge in [0, 0.05) is 61.6 Å². The van der Waals surface area contributed by atoms with Crippen molar-refractivity contribution in [3.8, 4) is 0 Å². The smallest absolute Gasteiger partial charge is 0.288 e. The second-order valence-corrected chi connectivity index (χ2v) is 32.1. The van der Waals surface area contributed by atoms with E-state index >= 15 is 0 Å². The number of carbonyl (C=O) groups is 12. The fraction of sp³-hybridized carbons (Fsp3) is 0.378. The number of morpholine rings is 3. The van der Waals surface area contributed by atoms with Gasteiger partial charge in [0.1, 0.15) is 17.8 Å². The Balaban J connectivity index is 0.000000167. The highest BCUT2D eigenvalue weighted by atomic mass is 32.2. The summed E-state index contributed by atoms with van der Waals surface area (Å²) in [5, 5.41) is 28.0. The Labute approximate surface area is 690 Å². The number of aromatic nitrogens is 3. The van der Waals surface area contributed by atoms with E-state index in [1.807, 2.05) is 91.0 Å². The zero-order chi connectivity index (χ0) is 83.3. The van der Waals surface area contributed by atoms with Gasteiger partial charge in [0.2, 0.25) is 52.2 Å². The number of rotatable bonds is 13. The van der Waals surface area contributed by atoms with Crippen molar-refractivity contribution in [2.75, 3.05) is 91.8 Å². The van der Waals surface area contributed by atoms with Crippen LogP contribution in [-0.2, 0) is 83.0 Å². The summed E-state index contributed by atoms with van der Waals surface area (Å²) >= 11 is 3.45. The highest BCUT2D eigenvalue weighted by Crippen LogP contribution is 2.45. The average molecular weight is 1680 g/mol. The fourth-order valence-corrected chi connectivity index (χ4v) is 17.4. The van der Waals surface area contributed by atoms with E-state index in [4.69, 9.17) is 27.8 Å². The minimum Gasteiger partial charge on any atom is -0.376 e. The Morgan fingerprint density at radius 2 is 0.805 bits per heavy atom.